The van der Waals surface area contributed by atoms with Crippen LogP contribution in [0.3, 0.4) is 0 Å². The first-order valence-electron chi connectivity index (χ1n) is 36.1. The summed E-state index contributed by atoms with van der Waals surface area (Å²) in [6, 6.07) is 131. The Kier molecular flexibility index (Phi) is 13.3. The summed E-state index contributed by atoms with van der Waals surface area (Å²) in [7, 11) is 0. The van der Waals surface area contributed by atoms with Gasteiger partial charge in [0.25, 0.3) is 0 Å². The molecule has 0 unspecified atom stereocenters. The molecule has 0 aliphatic rings. The molecule has 0 saturated heterocycles. The van der Waals surface area contributed by atoms with Gasteiger partial charge in [-0.3, -0.25) is 0 Å². The lowest BCUT2D eigenvalue weighted by molar-refractivity contribution is 0.668. The molecule has 0 fully saturated rings. The molecule has 0 radical (unpaired) electrons. The van der Waals surface area contributed by atoms with Crippen LogP contribution in [0.5, 0.6) is 0 Å². The third-order valence-corrected chi connectivity index (χ3v) is 21.8. The lowest BCUT2D eigenvalue weighted by atomic mass is 9.93. The van der Waals surface area contributed by atoms with Crippen molar-refractivity contribution in [1.29, 1.82) is 0 Å². The Morgan fingerprint density at radius 3 is 1.36 bits per heavy atom. The van der Waals surface area contributed by atoms with E-state index >= 15 is 0 Å². The highest BCUT2D eigenvalue weighted by Gasteiger charge is 2.26. The van der Waals surface area contributed by atoms with Crippen LogP contribution in [0, 0.1) is 0 Å². The first-order chi connectivity index (χ1) is 52.5. The number of benzene rings is 18. The van der Waals surface area contributed by atoms with Gasteiger partial charge in [0.05, 0.1) is 16.8 Å². The molecular weight excluding hydrogens is 1290 g/mol. The van der Waals surface area contributed by atoms with Crippen molar-refractivity contribution in [2.45, 2.75) is 0 Å². The SMILES string of the molecule is c1ccc(-c2cccc(N(c3ccc(-c4cccc5oc6c7ccccc7ccc6c45)cc3)c3cccc4c3oc3ccc(-c5cc(-c6ccc(N(c7ccc(-c8ccc9c(ccc%10ccccc%109)c8)cc7)c7cccc8oc9ccccc9c78)cc6)c6c(c5)oc5c7ccccc7ccc56)cc34)c2)cc1. The van der Waals surface area contributed by atoms with E-state index in [-0.39, 0.29) is 0 Å². The van der Waals surface area contributed by atoms with Gasteiger partial charge in [0.2, 0.25) is 0 Å². The molecule has 4 aromatic heterocycles. The molecule has 106 heavy (non-hydrogen) atoms. The maximum atomic E-state index is 7.17. The van der Waals surface area contributed by atoms with Gasteiger partial charge in [-0.05, 0) is 209 Å². The Labute approximate surface area is 608 Å². The lowest BCUT2D eigenvalue weighted by Gasteiger charge is -2.26. The van der Waals surface area contributed by atoms with Crippen molar-refractivity contribution in [2.75, 3.05) is 9.80 Å². The van der Waals surface area contributed by atoms with Crippen molar-refractivity contribution in [1.82, 2.24) is 0 Å². The number of hydrogen-bond acceptors (Lipinski definition) is 6. The van der Waals surface area contributed by atoms with Gasteiger partial charge in [-0.25, -0.2) is 0 Å². The molecule has 0 amide bonds. The van der Waals surface area contributed by atoms with Crippen molar-refractivity contribution >= 4 is 165 Å². The summed E-state index contributed by atoms with van der Waals surface area (Å²) < 4.78 is 27.6. The van der Waals surface area contributed by atoms with Crippen molar-refractivity contribution in [2.24, 2.45) is 0 Å². The molecule has 6 heteroatoms. The van der Waals surface area contributed by atoms with Crippen LogP contribution in [0.1, 0.15) is 0 Å². The molecule has 22 aromatic rings. The molecule has 0 aliphatic heterocycles. The number of nitrogens with zero attached hydrogens (tertiary/aromatic N) is 2. The largest absolute Gasteiger partial charge is 0.456 e. The summed E-state index contributed by atoms with van der Waals surface area (Å²) in [5.41, 5.74) is 23.6. The molecule has 494 valence electrons. The molecule has 0 N–H and O–H groups in total. The Morgan fingerprint density at radius 2 is 0.623 bits per heavy atom. The Morgan fingerprint density at radius 1 is 0.170 bits per heavy atom. The number of para-hydroxylation sites is 2. The maximum absolute atomic E-state index is 7.17. The zero-order chi connectivity index (χ0) is 69.5. The first-order valence-corrected chi connectivity index (χ1v) is 36.1. The number of rotatable bonds is 11. The fourth-order valence-electron chi connectivity index (χ4n) is 16.8. The standard InChI is InChI=1S/C100H60N2O4/c1-2-16-61(17-3-1)68-21-12-22-76(57-68)102(75-48-38-66(39-49-75)79-27-14-32-92-95(79)84-53-42-64-19-5-8-24-80(64)98(84)105-92)89-30-13-28-82-87-58-70(45-55-91(87)104-100(82)89)72-59-86(96-85-54-43-65-20-6-9-25-81(65)99(85)106-94(96)60-72)67-40-50-74(51-41-67)101(88-29-15-33-93-97(88)83-26-10-11-31-90(83)103-93)73-46-36-62(37-47-73)69-44-52-78-71(56-69)35-34-63-18-4-7-23-77(63)78/h1-60H. The van der Waals surface area contributed by atoms with E-state index in [1.165, 1.54) is 27.1 Å². The van der Waals surface area contributed by atoms with Crippen molar-refractivity contribution in [3.8, 4) is 55.6 Å². The van der Waals surface area contributed by atoms with Gasteiger partial charge in [-0.2, -0.15) is 0 Å². The van der Waals surface area contributed by atoms with Crippen LogP contribution in [-0.2, 0) is 0 Å². The van der Waals surface area contributed by atoms with E-state index in [0.717, 1.165) is 193 Å². The second kappa shape index (κ2) is 23.7. The average molecular weight is 1350 g/mol. The average Bonchev–Trinajstić information content (AvgIpc) is 1.65. The fraction of sp³-hybridized carbons (Fsp3) is 0. The van der Waals surface area contributed by atoms with Crippen molar-refractivity contribution in [3.05, 3.63) is 364 Å². The van der Waals surface area contributed by atoms with E-state index in [4.69, 9.17) is 17.7 Å². The molecular formula is C100H60N2O4. The van der Waals surface area contributed by atoms with Gasteiger partial charge in [0.1, 0.15) is 39.1 Å². The number of fused-ring (bicyclic) bond motifs is 19. The predicted molar refractivity (Wildman–Crippen MR) is 442 cm³/mol. The highest BCUT2D eigenvalue weighted by Crippen LogP contribution is 2.50. The molecule has 0 aliphatic carbocycles. The van der Waals surface area contributed by atoms with Gasteiger partial charge in [-0.15, -0.1) is 0 Å². The van der Waals surface area contributed by atoms with Crippen LogP contribution in [0.25, 0.3) is 186 Å². The molecule has 0 atom stereocenters. The molecule has 0 bridgehead atoms. The summed E-state index contributed by atoms with van der Waals surface area (Å²) >= 11 is 0. The second-order valence-corrected chi connectivity index (χ2v) is 27.8. The highest BCUT2D eigenvalue weighted by molar-refractivity contribution is 6.22. The zero-order valence-electron chi connectivity index (χ0n) is 57.2. The Balaban J connectivity index is 0.668. The fourth-order valence-corrected chi connectivity index (χ4v) is 16.8. The Bertz CT molecular complexity index is 7320. The summed E-state index contributed by atoms with van der Waals surface area (Å²) in [5.74, 6) is 0. The van der Waals surface area contributed by atoms with Crippen molar-refractivity contribution < 1.29 is 17.7 Å². The van der Waals surface area contributed by atoms with Crippen LogP contribution >= 0.6 is 0 Å². The molecule has 18 aromatic carbocycles. The van der Waals surface area contributed by atoms with E-state index in [2.05, 4.69) is 368 Å². The number of hydrogen-bond donors (Lipinski definition) is 0. The van der Waals surface area contributed by atoms with Crippen LogP contribution in [0.2, 0.25) is 0 Å². The van der Waals surface area contributed by atoms with Crippen LogP contribution in [0.4, 0.5) is 34.1 Å². The molecule has 0 spiro atoms. The van der Waals surface area contributed by atoms with Crippen molar-refractivity contribution in [3.63, 3.8) is 0 Å². The third kappa shape index (κ3) is 9.52. The maximum Gasteiger partial charge on any atom is 0.159 e. The van der Waals surface area contributed by atoms with E-state index < -0.39 is 0 Å². The second-order valence-electron chi connectivity index (χ2n) is 27.8. The van der Waals surface area contributed by atoms with Crippen LogP contribution in [-0.4, -0.2) is 0 Å². The van der Waals surface area contributed by atoms with E-state index in [9.17, 15) is 0 Å². The van der Waals surface area contributed by atoms with Gasteiger partial charge in [-0.1, -0.05) is 243 Å². The molecule has 6 nitrogen and oxygen atoms in total. The molecule has 0 saturated carbocycles. The zero-order valence-corrected chi connectivity index (χ0v) is 57.2. The van der Waals surface area contributed by atoms with E-state index in [1.807, 2.05) is 6.07 Å². The topological polar surface area (TPSA) is 59.0 Å². The quantitative estimate of drug-likeness (QED) is 0.120. The monoisotopic (exact) mass is 1350 g/mol. The van der Waals surface area contributed by atoms with Gasteiger partial charge in [0, 0.05) is 71.2 Å². The first kappa shape index (κ1) is 59.5. The third-order valence-electron chi connectivity index (χ3n) is 21.8. The van der Waals surface area contributed by atoms with Gasteiger partial charge in [0.15, 0.2) is 5.58 Å². The highest BCUT2D eigenvalue weighted by atomic mass is 16.3. The summed E-state index contributed by atoms with van der Waals surface area (Å²) in [6.07, 6.45) is 0. The van der Waals surface area contributed by atoms with Gasteiger partial charge < -0.3 is 27.5 Å². The van der Waals surface area contributed by atoms with E-state index in [0.29, 0.717) is 0 Å². The Hall–Kier alpha value is -14.2. The van der Waals surface area contributed by atoms with E-state index in [1.54, 1.807) is 0 Å². The summed E-state index contributed by atoms with van der Waals surface area (Å²) in [5, 5.41) is 17.9. The van der Waals surface area contributed by atoms with Crippen LogP contribution < -0.4 is 9.80 Å². The summed E-state index contributed by atoms with van der Waals surface area (Å²) in [6.45, 7) is 0. The molecule has 22 rings (SSSR count). The van der Waals surface area contributed by atoms with Gasteiger partial charge >= 0.3 is 0 Å². The summed E-state index contributed by atoms with van der Waals surface area (Å²) in [4.78, 5) is 4.71. The smallest absolute Gasteiger partial charge is 0.159 e. The normalized spacial score (nSPS) is 12.0. The minimum atomic E-state index is 0.784. The minimum Gasteiger partial charge on any atom is -0.456 e. The minimum absolute atomic E-state index is 0.784. The number of furan rings is 4. The lowest BCUT2D eigenvalue weighted by Crippen LogP contribution is -2.10. The molecule has 4 heterocycles. The number of anilines is 6. The predicted octanol–water partition coefficient (Wildman–Crippen LogP) is 29.2. The van der Waals surface area contributed by atoms with Crippen LogP contribution in [0.15, 0.2) is 382 Å².